The zero-order valence-corrected chi connectivity index (χ0v) is 8.59. The van der Waals surface area contributed by atoms with Crippen LogP contribution in [0.15, 0.2) is 12.7 Å². The lowest BCUT2D eigenvalue weighted by Gasteiger charge is -2.09. The zero-order valence-electron chi connectivity index (χ0n) is 8.59. The van der Waals surface area contributed by atoms with Crippen LogP contribution in [-0.2, 0) is 4.74 Å². The molecule has 0 radical (unpaired) electrons. The minimum atomic E-state index is 0.457. The van der Waals surface area contributed by atoms with Gasteiger partial charge in [-0.3, -0.25) is 0 Å². The van der Waals surface area contributed by atoms with Gasteiger partial charge in [0.25, 0.3) is 0 Å². The van der Waals surface area contributed by atoms with E-state index in [0.29, 0.717) is 12.1 Å². The molecule has 1 aliphatic heterocycles. The highest BCUT2D eigenvalue weighted by molar-refractivity contribution is 4.78. The van der Waals surface area contributed by atoms with Gasteiger partial charge < -0.3 is 10.1 Å². The summed E-state index contributed by atoms with van der Waals surface area (Å²) in [4.78, 5) is 0. The summed E-state index contributed by atoms with van der Waals surface area (Å²) in [6, 6.07) is 0.637. The number of rotatable bonds is 6. The Morgan fingerprint density at radius 2 is 2.38 bits per heavy atom. The van der Waals surface area contributed by atoms with E-state index in [4.69, 9.17) is 4.74 Å². The van der Waals surface area contributed by atoms with Crippen molar-refractivity contribution in [1.29, 1.82) is 0 Å². The van der Waals surface area contributed by atoms with Crippen molar-refractivity contribution in [2.24, 2.45) is 0 Å². The van der Waals surface area contributed by atoms with Crippen LogP contribution in [0.3, 0.4) is 0 Å². The molecule has 13 heavy (non-hydrogen) atoms. The summed E-state index contributed by atoms with van der Waals surface area (Å²) >= 11 is 0. The topological polar surface area (TPSA) is 21.3 Å². The quantitative estimate of drug-likeness (QED) is 0.503. The molecule has 76 valence electrons. The second-order valence-electron chi connectivity index (χ2n) is 3.82. The van der Waals surface area contributed by atoms with Crippen molar-refractivity contribution >= 4 is 0 Å². The summed E-state index contributed by atoms with van der Waals surface area (Å²) in [6.45, 7) is 7.84. The van der Waals surface area contributed by atoms with Crippen LogP contribution >= 0.6 is 0 Å². The van der Waals surface area contributed by atoms with E-state index < -0.39 is 0 Å². The van der Waals surface area contributed by atoms with Gasteiger partial charge in [-0.1, -0.05) is 6.08 Å². The van der Waals surface area contributed by atoms with Crippen LogP contribution in [0.2, 0.25) is 0 Å². The van der Waals surface area contributed by atoms with Crippen molar-refractivity contribution < 1.29 is 4.74 Å². The van der Waals surface area contributed by atoms with Gasteiger partial charge in [-0.25, -0.2) is 0 Å². The molecule has 1 N–H and O–H groups in total. The van der Waals surface area contributed by atoms with Crippen molar-refractivity contribution in [3.05, 3.63) is 12.7 Å². The van der Waals surface area contributed by atoms with Gasteiger partial charge >= 0.3 is 0 Å². The fraction of sp³-hybridized carbons (Fsp3) is 0.818. The lowest BCUT2D eigenvalue weighted by atomic mass is 10.2. The molecular formula is C11H21NO. The predicted molar refractivity (Wildman–Crippen MR) is 55.9 cm³/mol. The molecule has 2 heteroatoms. The molecule has 2 unspecified atom stereocenters. The van der Waals surface area contributed by atoms with Gasteiger partial charge in [-0.05, 0) is 32.6 Å². The fourth-order valence-electron chi connectivity index (χ4n) is 1.66. The number of hydrogen-bond donors (Lipinski definition) is 1. The lowest BCUT2D eigenvalue weighted by Crippen LogP contribution is -2.19. The average Bonchev–Trinajstić information content (AvgIpc) is 2.51. The first-order valence-corrected chi connectivity index (χ1v) is 5.29. The summed E-state index contributed by atoms with van der Waals surface area (Å²) in [6.07, 6.45) is 7.08. The van der Waals surface area contributed by atoms with Crippen LogP contribution in [0.4, 0.5) is 0 Å². The third kappa shape index (κ3) is 4.44. The minimum Gasteiger partial charge on any atom is -0.377 e. The van der Waals surface area contributed by atoms with Gasteiger partial charge in [0.05, 0.1) is 6.10 Å². The summed E-state index contributed by atoms with van der Waals surface area (Å²) in [5.41, 5.74) is 0. The molecule has 0 spiro atoms. The molecule has 0 aromatic rings. The Labute approximate surface area is 81.4 Å². The Kier molecular flexibility index (Phi) is 5.09. The first kappa shape index (κ1) is 10.7. The molecule has 0 aromatic carbocycles. The highest BCUT2D eigenvalue weighted by Gasteiger charge is 2.20. The monoisotopic (exact) mass is 183 g/mol. The number of ether oxygens (including phenoxy) is 1. The number of nitrogens with one attached hydrogen (secondary N) is 1. The average molecular weight is 183 g/mol. The van der Waals surface area contributed by atoms with E-state index in [1.54, 1.807) is 0 Å². The first-order chi connectivity index (χ1) is 6.33. The van der Waals surface area contributed by atoms with Crippen LogP contribution in [-0.4, -0.2) is 25.3 Å². The standard InChI is InChI=1S/C11H21NO/c1-3-4-5-6-7-13-11-8-10(2)12-9-11/h3,10-12H,1,4-9H2,2H3. The summed E-state index contributed by atoms with van der Waals surface area (Å²) in [7, 11) is 0. The van der Waals surface area contributed by atoms with Crippen LogP contribution in [0, 0.1) is 0 Å². The molecule has 1 aliphatic rings. The number of hydrogen-bond acceptors (Lipinski definition) is 2. The third-order valence-corrected chi connectivity index (χ3v) is 2.47. The Morgan fingerprint density at radius 3 is 3.00 bits per heavy atom. The number of unbranched alkanes of at least 4 members (excludes halogenated alkanes) is 2. The van der Waals surface area contributed by atoms with E-state index in [0.717, 1.165) is 26.0 Å². The molecule has 0 aromatic heterocycles. The van der Waals surface area contributed by atoms with Crippen LogP contribution in [0.1, 0.15) is 32.6 Å². The van der Waals surface area contributed by atoms with Crippen molar-refractivity contribution in [2.75, 3.05) is 13.2 Å². The second-order valence-corrected chi connectivity index (χ2v) is 3.82. The molecule has 2 nitrogen and oxygen atoms in total. The maximum Gasteiger partial charge on any atom is 0.0714 e. The summed E-state index contributed by atoms with van der Waals surface area (Å²) < 4.78 is 5.72. The van der Waals surface area contributed by atoms with Gasteiger partial charge in [0, 0.05) is 19.2 Å². The normalized spacial score (nSPS) is 27.8. The van der Waals surface area contributed by atoms with E-state index in [1.165, 1.54) is 12.8 Å². The molecule has 1 heterocycles. The Morgan fingerprint density at radius 1 is 1.54 bits per heavy atom. The fourth-order valence-corrected chi connectivity index (χ4v) is 1.66. The molecule has 0 saturated carbocycles. The van der Waals surface area contributed by atoms with Crippen LogP contribution in [0.25, 0.3) is 0 Å². The molecule has 1 saturated heterocycles. The van der Waals surface area contributed by atoms with E-state index in [1.807, 2.05) is 6.08 Å². The van der Waals surface area contributed by atoms with E-state index in [-0.39, 0.29) is 0 Å². The number of allylic oxidation sites excluding steroid dienone is 1. The SMILES string of the molecule is C=CCCCCOC1CNC(C)C1. The van der Waals surface area contributed by atoms with E-state index in [9.17, 15) is 0 Å². The molecule has 1 fully saturated rings. The largest absolute Gasteiger partial charge is 0.377 e. The van der Waals surface area contributed by atoms with E-state index >= 15 is 0 Å². The molecule has 0 amide bonds. The summed E-state index contributed by atoms with van der Waals surface area (Å²) in [5.74, 6) is 0. The Bertz CT molecular complexity index is 147. The highest BCUT2D eigenvalue weighted by Crippen LogP contribution is 2.10. The first-order valence-electron chi connectivity index (χ1n) is 5.29. The molecular weight excluding hydrogens is 162 g/mol. The highest BCUT2D eigenvalue weighted by atomic mass is 16.5. The maximum atomic E-state index is 5.72. The third-order valence-electron chi connectivity index (χ3n) is 2.47. The predicted octanol–water partition coefficient (Wildman–Crippen LogP) is 2.11. The Balaban J connectivity index is 1.91. The smallest absolute Gasteiger partial charge is 0.0714 e. The van der Waals surface area contributed by atoms with Crippen LogP contribution < -0.4 is 5.32 Å². The van der Waals surface area contributed by atoms with E-state index in [2.05, 4.69) is 18.8 Å². The van der Waals surface area contributed by atoms with Gasteiger partial charge in [0.1, 0.15) is 0 Å². The van der Waals surface area contributed by atoms with Crippen molar-refractivity contribution in [1.82, 2.24) is 5.32 Å². The van der Waals surface area contributed by atoms with Gasteiger partial charge in [-0.2, -0.15) is 0 Å². The van der Waals surface area contributed by atoms with Gasteiger partial charge in [-0.15, -0.1) is 6.58 Å². The van der Waals surface area contributed by atoms with Gasteiger partial charge in [0.15, 0.2) is 0 Å². The molecule has 1 rings (SSSR count). The Hall–Kier alpha value is -0.340. The minimum absolute atomic E-state index is 0.457. The zero-order chi connectivity index (χ0) is 9.52. The molecule has 0 aliphatic carbocycles. The summed E-state index contributed by atoms with van der Waals surface area (Å²) in [5, 5.41) is 3.38. The van der Waals surface area contributed by atoms with Gasteiger partial charge in [0.2, 0.25) is 0 Å². The van der Waals surface area contributed by atoms with Crippen molar-refractivity contribution in [3.63, 3.8) is 0 Å². The lowest BCUT2D eigenvalue weighted by molar-refractivity contribution is 0.0632. The maximum absolute atomic E-state index is 5.72. The van der Waals surface area contributed by atoms with Crippen molar-refractivity contribution in [3.8, 4) is 0 Å². The van der Waals surface area contributed by atoms with Crippen molar-refractivity contribution in [2.45, 2.75) is 44.8 Å². The molecule has 0 bridgehead atoms. The van der Waals surface area contributed by atoms with Crippen LogP contribution in [0.5, 0.6) is 0 Å². The molecule has 2 atom stereocenters. The second kappa shape index (κ2) is 6.17.